The molecule has 0 radical (unpaired) electrons. The van der Waals surface area contributed by atoms with E-state index in [2.05, 4.69) is 15.6 Å². The molecule has 6 nitrogen and oxygen atoms in total. The minimum absolute atomic E-state index is 0.156. The Morgan fingerprint density at radius 1 is 1.15 bits per heavy atom. The molecule has 1 aliphatic rings. The zero-order valence-corrected chi connectivity index (χ0v) is 15.1. The van der Waals surface area contributed by atoms with Gasteiger partial charge in [-0.3, -0.25) is 9.59 Å². The van der Waals surface area contributed by atoms with Gasteiger partial charge in [-0.05, 0) is 49.1 Å². The summed E-state index contributed by atoms with van der Waals surface area (Å²) >= 11 is 0. The Balaban J connectivity index is 1.62. The summed E-state index contributed by atoms with van der Waals surface area (Å²) in [6.07, 6.45) is 5.49. The van der Waals surface area contributed by atoms with Gasteiger partial charge in [0.25, 0.3) is 0 Å². The van der Waals surface area contributed by atoms with E-state index in [0.29, 0.717) is 17.3 Å². The van der Waals surface area contributed by atoms with Crippen molar-refractivity contribution in [3.05, 3.63) is 48.4 Å². The summed E-state index contributed by atoms with van der Waals surface area (Å²) in [5.74, 6) is 0.142. The molecule has 2 amide bonds. The second-order valence-electron chi connectivity index (χ2n) is 6.65. The molecule has 1 fully saturated rings. The van der Waals surface area contributed by atoms with E-state index in [1.807, 2.05) is 0 Å². The van der Waals surface area contributed by atoms with E-state index in [0.717, 1.165) is 25.7 Å². The molecule has 0 aliphatic heterocycles. The summed E-state index contributed by atoms with van der Waals surface area (Å²) in [6.45, 7) is 1.42. The van der Waals surface area contributed by atoms with Crippen LogP contribution in [0.4, 0.5) is 10.1 Å². The van der Waals surface area contributed by atoms with Crippen molar-refractivity contribution in [1.29, 1.82) is 0 Å². The van der Waals surface area contributed by atoms with E-state index in [-0.39, 0.29) is 23.5 Å². The standard InChI is InChI=1S/C20H22FN3O3/c1-13(25)23-19(14-4-2-3-5-14)20(26)24-16-8-11-18(22-12-16)27-17-9-6-15(21)7-10-17/h6-12,14,19H,2-5H2,1H3,(H,23,25)(H,24,26). The number of nitrogens with one attached hydrogen (secondary N) is 2. The highest BCUT2D eigenvalue weighted by Gasteiger charge is 2.31. The lowest BCUT2D eigenvalue weighted by molar-refractivity contribution is -0.126. The average molecular weight is 371 g/mol. The number of amides is 2. The zero-order chi connectivity index (χ0) is 19.2. The molecule has 1 unspecified atom stereocenters. The first-order valence-corrected chi connectivity index (χ1v) is 8.99. The predicted octanol–water partition coefficient (Wildman–Crippen LogP) is 3.65. The number of ether oxygens (including phenoxy) is 1. The number of aromatic nitrogens is 1. The van der Waals surface area contributed by atoms with E-state index in [4.69, 9.17) is 4.74 Å². The number of halogens is 1. The summed E-state index contributed by atoms with van der Waals surface area (Å²) < 4.78 is 18.4. The summed E-state index contributed by atoms with van der Waals surface area (Å²) in [7, 11) is 0. The molecule has 1 atom stereocenters. The van der Waals surface area contributed by atoms with Crippen molar-refractivity contribution in [2.45, 2.75) is 38.6 Å². The third-order valence-corrected chi connectivity index (χ3v) is 4.55. The Bertz CT molecular complexity index is 787. The first-order valence-electron chi connectivity index (χ1n) is 8.99. The average Bonchev–Trinajstić information content (AvgIpc) is 3.17. The van der Waals surface area contributed by atoms with Gasteiger partial charge in [-0.15, -0.1) is 0 Å². The maximum atomic E-state index is 12.9. The summed E-state index contributed by atoms with van der Waals surface area (Å²) in [4.78, 5) is 28.2. The number of carbonyl (C=O) groups excluding carboxylic acids is 2. The molecule has 142 valence electrons. The van der Waals surface area contributed by atoms with Crippen LogP contribution in [0.25, 0.3) is 0 Å². The Kier molecular flexibility index (Phi) is 6.01. The summed E-state index contributed by atoms with van der Waals surface area (Å²) in [5.41, 5.74) is 0.514. The van der Waals surface area contributed by atoms with Gasteiger partial charge in [0.15, 0.2) is 0 Å². The van der Waals surface area contributed by atoms with Crippen LogP contribution in [0.3, 0.4) is 0 Å². The van der Waals surface area contributed by atoms with Gasteiger partial charge in [0.1, 0.15) is 17.6 Å². The number of rotatable bonds is 6. The van der Waals surface area contributed by atoms with Crippen molar-refractivity contribution >= 4 is 17.5 Å². The molecule has 0 bridgehead atoms. The molecule has 1 aromatic heterocycles. The van der Waals surface area contributed by atoms with Crippen LogP contribution in [0, 0.1) is 11.7 Å². The Morgan fingerprint density at radius 2 is 1.85 bits per heavy atom. The number of nitrogens with zero attached hydrogens (tertiary/aromatic N) is 1. The molecule has 1 aromatic carbocycles. The maximum absolute atomic E-state index is 12.9. The largest absolute Gasteiger partial charge is 0.439 e. The monoisotopic (exact) mass is 371 g/mol. The molecule has 1 aliphatic carbocycles. The molecule has 2 aromatic rings. The van der Waals surface area contributed by atoms with Gasteiger partial charge in [0, 0.05) is 13.0 Å². The molecule has 0 spiro atoms. The van der Waals surface area contributed by atoms with Crippen molar-refractivity contribution in [3.8, 4) is 11.6 Å². The highest BCUT2D eigenvalue weighted by atomic mass is 19.1. The Hall–Kier alpha value is -2.96. The molecule has 7 heteroatoms. The first kappa shape index (κ1) is 18.8. The van der Waals surface area contributed by atoms with Crippen molar-refractivity contribution < 1.29 is 18.7 Å². The molecular formula is C20H22FN3O3. The van der Waals surface area contributed by atoms with Crippen molar-refractivity contribution in [2.75, 3.05) is 5.32 Å². The van der Waals surface area contributed by atoms with Crippen LogP contribution in [-0.2, 0) is 9.59 Å². The lowest BCUT2D eigenvalue weighted by atomic mass is 9.97. The van der Waals surface area contributed by atoms with E-state index in [1.165, 1.54) is 37.4 Å². The molecule has 0 saturated heterocycles. The minimum Gasteiger partial charge on any atom is -0.439 e. The number of pyridine rings is 1. The second kappa shape index (κ2) is 8.62. The Labute approximate surface area is 157 Å². The van der Waals surface area contributed by atoms with E-state index < -0.39 is 6.04 Å². The quantitative estimate of drug-likeness (QED) is 0.812. The van der Waals surface area contributed by atoms with Crippen LogP contribution in [0.1, 0.15) is 32.6 Å². The number of benzene rings is 1. The van der Waals surface area contributed by atoms with Crippen molar-refractivity contribution in [1.82, 2.24) is 10.3 Å². The van der Waals surface area contributed by atoms with E-state index >= 15 is 0 Å². The first-order chi connectivity index (χ1) is 13.0. The van der Waals surface area contributed by atoms with Gasteiger partial charge in [-0.2, -0.15) is 0 Å². The highest BCUT2D eigenvalue weighted by Crippen LogP contribution is 2.28. The molecule has 2 N–H and O–H groups in total. The fourth-order valence-electron chi connectivity index (χ4n) is 3.27. The van der Waals surface area contributed by atoms with Gasteiger partial charge >= 0.3 is 0 Å². The van der Waals surface area contributed by atoms with Gasteiger partial charge in [-0.25, -0.2) is 9.37 Å². The van der Waals surface area contributed by atoms with Crippen molar-refractivity contribution in [3.63, 3.8) is 0 Å². The molecule has 1 heterocycles. The van der Waals surface area contributed by atoms with Crippen molar-refractivity contribution in [2.24, 2.45) is 5.92 Å². The number of anilines is 1. The third kappa shape index (κ3) is 5.26. The van der Waals surface area contributed by atoms with Gasteiger partial charge < -0.3 is 15.4 Å². The fraction of sp³-hybridized carbons (Fsp3) is 0.350. The number of hydrogen-bond acceptors (Lipinski definition) is 4. The van der Waals surface area contributed by atoms with Crippen LogP contribution in [-0.4, -0.2) is 22.8 Å². The smallest absolute Gasteiger partial charge is 0.247 e. The highest BCUT2D eigenvalue weighted by molar-refractivity contribution is 5.97. The SMILES string of the molecule is CC(=O)NC(C(=O)Nc1ccc(Oc2ccc(F)cc2)nc1)C1CCCC1. The summed E-state index contributed by atoms with van der Waals surface area (Å²) in [5, 5.41) is 5.57. The van der Waals surface area contributed by atoms with Crippen LogP contribution >= 0.6 is 0 Å². The number of carbonyl (C=O) groups is 2. The van der Waals surface area contributed by atoms with Crippen LogP contribution in [0.2, 0.25) is 0 Å². The van der Waals surface area contributed by atoms with E-state index in [1.54, 1.807) is 12.1 Å². The lowest BCUT2D eigenvalue weighted by Gasteiger charge is -2.23. The van der Waals surface area contributed by atoms with Gasteiger partial charge in [-0.1, -0.05) is 12.8 Å². The van der Waals surface area contributed by atoms with Crippen LogP contribution < -0.4 is 15.4 Å². The molecule has 1 saturated carbocycles. The summed E-state index contributed by atoms with van der Waals surface area (Å²) in [6, 6.07) is 8.36. The third-order valence-electron chi connectivity index (χ3n) is 4.55. The van der Waals surface area contributed by atoms with Gasteiger partial charge in [0.2, 0.25) is 17.7 Å². The normalized spacial score (nSPS) is 15.2. The Morgan fingerprint density at radius 3 is 2.44 bits per heavy atom. The molecule has 3 rings (SSSR count). The number of hydrogen-bond donors (Lipinski definition) is 2. The van der Waals surface area contributed by atoms with Crippen LogP contribution in [0.15, 0.2) is 42.6 Å². The lowest BCUT2D eigenvalue weighted by Crippen LogP contribution is -2.47. The van der Waals surface area contributed by atoms with E-state index in [9.17, 15) is 14.0 Å². The minimum atomic E-state index is -0.542. The topological polar surface area (TPSA) is 80.3 Å². The predicted molar refractivity (Wildman–Crippen MR) is 98.9 cm³/mol. The fourth-order valence-corrected chi connectivity index (χ4v) is 3.27. The van der Waals surface area contributed by atoms with Crippen LogP contribution in [0.5, 0.6) is 11.6 Å². The molecular weight excluding hydrogens is 349 g/mol. The van der Waals surface area contributed by atoms with Gasteiger partial charge in [0.05, 0.1) is 11.9 Å². The molecule has 27 heavy (non-hydrogen) atoms. The maximum Gasteiger partial charge on any atom is 0.247 e. The zero-order valence-electron chi connectivity index (χ0n) is 15.1. The second-order valence-corrected chi connectivity index (χ2v) is 6.65.